The Morgan fingerprint density at radius 2 is 1.89 bits per heavy atom. The first-order valence-corrected chi connectivity index (χ1v) is 5.17. The molecule has 0 radical (unpaired) electrons. The fraction of sp³-hybridized carbons (Fsp3) is 0.182. The third-order valence-electron chi connectivity index (χ3n) is 2.39. The summed E-state index contributed by atoms with van der Waals surface area (Å²) in [4.78, 5) is 10.6. The zero-order valence-electron chi connectivity index (χ0n) is 9.42. The van der Waals surface area contributed by atoms with Gasteiger partial charge in [0, 0.05) is 0 Å². The van der Waals surface area contributed by atoms with Crippen molar-refractivity contribution in [3.8, 4) is 5.69 Å². The second-order valence-electron chi connectivity index (χ2n) is 3.75. The molecule has 0 spiro atoms. The van der Waals surface area contributed by atoms with E-state index in [1.165, 1.54) is 23.0 Å². The van der Waals surface area contributed by atoms with Crippen LogP contribution >= 0.6 is 0 Å². The van der Waals surface area contributed by atoms with E-state index in [4.69, 9.17) is 5.11 Å². The van der Waals surface area contributed by atoms with Crippen LogP contribution in [0.4, 0.5) is 13.2 Å². The maximum Gasteiger partial charge on any atom is 0.416 e. The highest BCUT2D eigenvalue weighted by Gasteiger charge is 2.30. The summed E-state index contributed by atoms with van der Waals surface area (Å²) in [6.45, 7) is 0. The van der Waals surface area contributed by atoms with Gasteiger partial charge in [-0.05, 0) is 24.3 Å². The van der Waals surface area contributed by atoms with Gasteiger partial charge in [-0.15, -0.1) is 5.10 Å². The first kappa shape index (κ1) is 13.1. The van der Waals surface area contributed by atoms with E-state index < -0.39 is 17.7 Å². The Balaban J connectivity index is 2.33. The topological polar surface area (TPSA) is 68.0 Å². The van der Waals surface area contributed by atoms with Crippen LogP contribution in [0.1, 0.15) is 11.3 Å². The molecule has 0 saturated carbocycles. The lowest BCUT2D eigenvalue weighted by Crippen LogP contribution is -2.09. The fourth-order valence-corrected chi connectivity index (χ4v) is 1.54. The van der Waals surface area contributed by atoms with Gasteiger partial charge in [0.2, 0.25) is 0 Å². The number of aliphatic carboxylic acids is 1. The highest BCUT2D eigenvalue weighted by atomic mass is 19.4. The molecular weight excluding hydrogens is 263 g/mol. The van der Waals surface area contributed by atoms with Gasteiger partial charge >= 0.3 is 12.1 Å². The van der Waals surface area contributed by atoms with Crippen molar-refractivity contribution in [2.75, 3.05) is 0 Å². The van der Waals surface area contributed by atoms with Gasteiger partial charge in [-0.3, -0.25) is 4.79 Å². The van der Waals surface area contributed by atoms with Gasteiger partial charge in [0.05, 0.1) is 29.6 Å². The predicted octanol–water partition coefficient (Wildman–Crippen LogP) is 1.91. The van der Waals surface area contributed by atoms with E-state index in [1.807, 2.05) is 0 Å². The molecule has 19 heavy (non-hydrogen) atoms. The van der Waals surface area contributed by atoms with Gasteiger partial charge in [0.25, 0.3) is 0 Å². The lowest BCUT2D eigenvalue weighted by atomic mass is 10.2. The third kappa shape index (κ3) is 2.90. The van der Waals surface area contributed by atoms with Crippen LogP contribution < -0.4 is 0 Å². The molecule has 0 aliphatic heterocycles. The average molecular weight is 271 g/mol. The summed E-state index contributed by atoms with van der Waals surface area (Å²) < 4.78 is 38.4. The van der Waals surface area contributed by atoms with Crippen molar-refractivity contribution in [3.05, 3.63) is 41.7 Å². The van der Waals surface area contributed by atoms with E-state index in [0.717, 1.165) is 12.1 Å². The zero-order chi connectivity index (χ0) is 14.0. The van der Waals surface area contributed by atoms with Gasteiger partial charge in [0.15, 0.2) is 0 Å². The Labute approximate surface area is 105 Å². The van der Waals surface area contributed by atoms with Crippen molar-refractivity contribution in [1.82, 2.24) is 15.0 Å². The first-order chi connectivity index (χ1) is 8.88. The Morgan fingerprint density at radius 1 is 1.26 bits per heavy atom. The molecule has 0 fully saturated rings. The van der Waals surface area contributed by atoms with E-state index in [2.05, 4.69) is 10.3 Å². The van der Waals surface area contributed by atoms with Crippen LogP contribution in [0.3, 0.4) is 0 Å². The number of hydrogen-bond donors (Lipinski definition) is 1. The minimum atomic E-state index is -4.41. The molecule has 1 heterocycles. The van der Waals surface area contributed by atoms with Gasteiger partial charge < -0.3 is 5.11 Å². The number of carbonyl (C=O) groups is 1. The van der Waals surface area contributed by atoms with E-state index in [1.54, 1.807) is 0 Å². The second-order valence-corrected chi connectivity index (χ2v) is 3.75. The molecular formula is C11H8F3N3O2. The van der Waals surface area contributed by atoms with Crippen LogP contribution in [0, 0.1) is 0 Å². The average Bonchev–Trinajstić information content (AvgIpc) is 2.75. The molecule has 8 heteroatoms. The summed E-state index contributed by atoms with van der Waals surface area (Å²) in [7, 11) is 0. The van der Waals surface area contributed by atoms with Crippen LogP contribution in [0.2, 0.25) is 0 Å². The van der Waals surface area contributed by atoms with Crippen LogP contribution in [-0.2, 0) is 17.4 Å². The summed E-state index contributed by atoms with van der Waals surface area (Å²) in [6, 6.07) is 4.23. The van der Waals surface area contributed by atoms with Crippen molar-refractivity contribution in [1.29, 1.82) is 0 Å². The monoisotopic (exact) mass is 271 g/mol. The van der Waals surface area contributed by atoms with Gasteiger partial charge in [-0.2, -0.15) is 13.2 Å². The van der Waals surface area contributed by atoms with E-state index in [0.29, 0.717) is 5.69 Å². The van der Waals surface area contributed by atoms with Crippen LogP contribution in [0.5, 0.6) is 0 Å². The Bertz CT molecular complexity index is 590. The Hall–Kier alpha value is -2.38. The molecule has 2 aromatic rings. The number of halogens is 3. The van der Waals surface area contributed by atoms with Crippen LogP contribution in [-0.4, -0.2) is 26.1 Å². The summed E-state index contributed by atoms with van der Waals surface area (Å²) in [5, 5.41) is 15.9. The van der Waals surface area contributed by atoms with Crippen LogP contribution in [0.15, 0.2) is 30.5 Å². The molecule has 1 aromatic heterocycles. The Kier molecular flexibility index (Phi) is 3.24. The van der Waals surface area contributed by atoms with Gasteiger partial charge in [-0.1, -0.05) is 5.21 Å². The molecule has 5 nitrogen and oxygen atoms in total. The van der Waals surface area contributed by atoms with Gasteiger partial charge in [0.1, 0.15) is 0 Å². The van der Waals surface area contributed by atoms with Crippen molar-refractivity contribution in [3.63, 3.8) is 0 Å². The third-order valence-corrected chi connectivity index (χ3v) is 2.39. The summed E-state index contributed by atoms with van der Waals surface area (Å²) in [6.07, 6.45) is -3.47. The predicted molar refractivity (Wildman–Crippen MR) is 57.7 cm³/mol. The molecule has 2 rings (SSSR count). The smallest absolute Gasteiger partial charge is 0.416 e. The zero-order valence-corrected chi connectivity index (χ0v) is 9.42. The molecule has 0 amide bonds. The number of alkyl halides is 3. The Morgan fingerprint density at radius 3 is 2.42 bits per heavy atom. The summed E-state index contributed by atoms with van der Waals surface area (Å²) >= 11 is 0. The van der Waals surface area contributed by atoms with Gasteiger partial charge in [-0.25, -0.2) is 4.68 Å². The van der Waals surface area contributed by atoms with Crippen molar-refractivity contribution >= 4 is 5.97 Å². The van der Waals surface area contributed by atoms with E-state index in [9.17, 15) is 18.0 Å². The standard InChI is InChI=1S/C11H8F3N3O2/c12-11(13,14)7-1-3-8(4-2-7)17-9(5-10(18)19)6-15-16-17/h1-4,6H,5H2,(H,18,19). The SMILES string of the molecule is O=C(O)Cc1cnnn1-c1ccc(C(F)(F)F)cc1. The molecule has 0 aliphatic rings. The quantitative estimate of drug-likeness (QED) is 0.926. The van der Waals surface area contributed by atoms with E-state index >= 15 is 0 Å². The van der Waals surface area contributed by atoms with E-state index in [-0.39, 0.29) is 12.1 Å². The molecule has 0 saturated heterocycles. The number of carboxylic acids is 1. The minimum Gasteiger partial charge on any atom is -0.481 e. The lowest BCUT2D eigenvalue weighted by molar-refractivity contribution is -0.138. The minimum absolute atomic E-state index is 0.284. The van der Waals surface area contributed by atoms with Crippen molar-refractivity contribution < 1.29 is 23.1 Å². The maximum atomic E-state index is 12.4. The molecule has 0 atom stereocenters. The van der Waals surface area contributed by atoms with Crippen molar-refractivity contribution in [2.24, 2.45) is 0 Å². The number of nitrogens with zero attached hydrogens (tertiary/aromatic N) is 3. The van der Waals surface area contributed by atoms with Crippen LogP contribution in [0.25, 0.3) is 5.69 Å². The summed E-state index contributed by atoms with van der Waals surface area (Å²) in [5.41, 5.74) is -0.176. The first-order valence-electron chi connectivity index (χ1n) is 5.17. The lowest BCUT2D eigenvalue weighted by Gasteiger charge is -2.08. The number of benzene rings is 1. The molecule has 0 unspecified atom stereocenters. The number of aromatic nitrogens is 3. The highest BCUT2D eigenvalue weighted by molar-refractivity contribution is 5.69. The number of carboxylic acid groups (broad SMARTS) is 1. The maximum absolute atomic E-state index is 12.4. The fourth-order valence-electron chi connectivity index (χ4n) is 1.54. The normalized spacial score (nSPS) is 11.5. The largest absolute Gasteiger partial charge is 0.481 e. The number of hydrogen-bond acceptors (Lipinski definition) is 3. The number of rotatable bonds is 3. The molecule has 0 bridgehead atoms. The molecule has 0 aliphatic carbocycles. The second kappa shape index (κ2) is 4.71. The summed E-state index contributed by atoms with van der Waals surface area (Å²) in [5.74, 6) is -1.07. The highest BCUT2D eigenvalue weighted by Crippen LogP contribution is 2.29. The van der Waals surface area contributed by atoms with Crippen molar-refractivity contribution in [2.45, 2.75) is 12.6 Å². The molecule has 1 N–H and O–H groups in total. The molecule has 1 aromatic carbocycles. The molecule has 100 valence electrons.